The van der Waals surface area contributed by atoms with Gasteiger partial charge >= 0.3 is 0 Å². The van der Waals surface area contributed by atoms with Crippen LogP contribution in [0.1, 0.15) is 5.56 Å². The molecule has 4 heteroatoms. The highest BCUT2D eigenvalue weighted by Gasteiger charge is 2.07. The molecule has 0 unspecified atom stereocenters. The molecule has 68 valence electrons. The summed E-state index contributed by atoms with van der Waals surface area (Å²) in [6.45, 7) is 0. The minimum Gasteiger partial charge on any atom is -0.503 e. The lowest BCUT2D eigenvalue weighted by molar-refractivity contribution is 0.371. The number of phenolic OH excluding ortho intramolecular Hbond substituents is 1. The summed E-state index contributed by atoms with van der Waals surface area (Å²) in [4.78, 5) is 0. The Hall–Kier alpha value is -1.21. The molecule has 0 spiro atoms. The fraction of sp³-hybridized carbons (Fsp3) is 0.222. The van der Waals surface area contributed by atoms with E-state index in [1.807, 2.05) is 6.07 Å². The Labute approximate surface area is 84.7 Å². The Morgan fingerprint density at radius 1 is 1.62 bits per heavy atom. The summed E-state index contributed by atoms with van der Waals surface area (Å²) in [6, 6.07) is 5.36. The van der Waals surface area contributed by atoms with E-state index in [2.05, 4.69) is 15.9 Å². The second-order valence-corrected chi connectivity index (χ2v) is 3.32. The van der Waals surface area contributed by atoms with Gasteiger partial charge in [0, 0.05) is 0 Å². The molecule has 1 N–H and O–H groups in total. The number of hydrogen-bond acceptors (Lipinski definition) is 3. The van der Waals surface area contributed by atoms with Gasteiger partial charge in [-0.15, -0.1) is 0 Å². The van der Waals surface area contributed by atoms with Crippen molar-refractivity contribution in [2.45, 2.75) is 6.42 Å². The molecule has 0 aliphatic heterocycles. The maximum absolute atomic E-state index is 9.44. The number of nitriles is 1. The summed E-state index contributed by atoms with van der Waals surface area (Å²) < 4.78 is 5.46. The standard InChI is InChI=1S/C9H8BrNO2/c1-13-8-5-6(2-3-11)4-7(10)9(8)12/h4-5,12H,2H2,1H3. The first-order valence-electron chi connectivity index (χ1n) is 3.61. The Morgan fingerprint density at radius 2 is 2.31 bits per heavy atom. The minimum absolute atomic E-state index is 0.0594. The zero-order valence-corrected chi connectivity index (χ0v) is 8.63. The lowest BCUT2D eigenvalue weighted by Crippen LogP contribution is -1.88. The molecule has 0 fully saturated rings. The molecule has 1 rings (SSSR count). The van der Waals surface area contributed by atoms with E-state index in [0.29, 0.717) is 16.6 Å². The van der Waals surface area contributed by atoms with Crippen molar-refractivity contribution >= 4 is 15.9 Å². The average Bonchev–Trinajstić information content (AvgIpc) is 2.11. The van der Waals surface area contributed by atoms with Crippen molar-refractivity contribution in [2.75, 3.05) is 7.11 Å². The third kappa shape index (κ3) is 2.13. The van der Waals surface area contributed by atoms with Gasteiger partial charge in [0.25, 0.3) is 0 Å². The van der Waals surface area contributed by atoms with Crippen molar-refractivity contribution < 1.29 is 9.84 Å². The van der Waals surface area contributed by atoms with Crippen molar-refractivity contribution in [3.05, 3.63) is 22.2 Å². The molecule has 0 radical (unpaired) electrons. The molecule has 0 saturated heterocycles. The van der Waals surface area contributed by atoms with E-state index < -0.39 is 0 Å². The highest BCUT2D eigenvalue weighted by Crippen LogP contribution is 2.35. The van der Waals surface area contributed by atoms with Crippen molar-refractivity contribution in [1.82, 2.24) is 0 Å². The van der Waals surface area contributed by atoms with Crippen molar-refractivity contribution in [3.8, 4) is 17.6 Å². The van der Waals surface area contributed by atoms with E-state index in [4.69, 9.17) is 10.00 Å². The number of rotatable bonds is 2. The molecule has 0 heterocycles. The zero-order chi connectivity index (χ0) is 9.84. The van der Waals surface area contributed by atoms with E-state index in [9.17, 15) is 5.11 Å². The molecule has 0 bridgehead atoms. The number of phenols is 1. The van der Waals surface area contributed by atoms with Gasteiger partial charge in [-0.1, -0.05) is 0 Å². The third-order valence-electron chi connectivity index (χ3n) is 1.59. The van der Waals surface area contributed by atoms with Crippen LogP contribution in [0.25, 0.3) is 0 Å². The largest absolute Gasteiger partial charge is 0.503 e. The van der Waals surface area contributed by atoms with Gasteiger partial charge in [0.05, 0.1) is 24.1 Å². The topological polar surface area (TPSA) is 53.2 Å². The van der Waals surface area contributed by atoms with Crippen LogP contribution in [0.3, 0.4) is 0 Å². The van der Waals surface area contributed by atoms with Gasteiger partial charge < -0.3 is 9.84 Å². The van der Waals surface area contributed by atoms with Crippen LogP contribution in [0.2, 0.25) is 0 Å². The molecule has 0 amide bonds. The molecule has 3 nitrogen and oxygen atoms in total. The number of ether oxygens (including phenoxy) is 1. The van der Waals surface area contributed by atoms with E-state index in [0.717, 1.165) is 5.56 Å². The number of hydrogen-bond donors (Lipinski definition) is 1. The Morgan fingerprint density at radius 3 is 2.85 bits per heavy atom. The zero-order valence-electron chi connectivity index (χ0n) is 7.04. The van der Waals surface area contributed by atoms with Gasteiger partial charge in [-0.2, -0.15) is 5.26 Å². The Kier molecular flexibility index (Phi) is 3.15. The fourth-order valence-corrected chi connectivity index (χ4v) is 1.47. The van der Waals surface area contributed by atoms with E-state index >= 15 is 0 Å². The summed E-state index contributed by atoms with van der Waals surface area (Å²) in [5, 5.41) is 17.9. The van der Waals surface area contributed by atoms with Gasteiger partial charge in [0.2, 0.25) is 0 Å². The van der Waals surface area contributed by atoms with Crippen LogP contribution < -0.4 is 4.74 Å². The van der Waals surface area contributed by atoms with Crippen LogP contribution in [-0.2, 0) is 6.42 Å². The molecular formula is C9H8BrNO2. The molecule has 0 aliphatic rings. The summed E-state index contributed by atoms with van der Waals surface area (Å²) in [7, 11) is 1.47. The van der Waals surface area contributed by atoms with Crippen LogP contribution in [0.4, 0.5) is 0 Å². The maximum Gasteiger partial charge on any atom is 0.172 e. The predicted molar refractivity (Wildman–Crippen MR) is 51.7 cm³/mol. The lowest BCUT2D eigenvalue weighted by atomic mass is 10.1. The van der Waals surface area contributed by atoms with Gasteiger partial charge in [-0.25, -0.2) is 0 Å². The van der Waals surface area contributed by atoms with Gasteiger partial charge in [0.15, 0.2) is 11.5 Å². The first-order chi connectivity index (χ1) is 6.19. The summed E-state index contributed by atoms with van der Waals surface area (Å²) in [5.41, 5.74) is 0.809. The van der Waals surface area contributed by atoms with E-state index in [1.54, 1.807) is 12.1 Å². The smallest absolute Gasteiger partial charge is 0.172 e. The molecule has 0 aromatic heterocycles. The van der Waals surface area contributed by atoms with Gasteiger partial charge in [0.1, 0.15) is 0 Å². The summed E-state index contributed by atoms with van der Waals surface area (Å²) in [6.07, 6.45) is 0.301. The van der Waals surface area contributed by atoms with Gasteiger partial charge in [-0.05, 0) is 33.6 Å². The van der Waals surface area contributed by atoms with Crippen molar-refractivity contribution in [2.24, 2.45) is 0 Å². The minimum atomic E-state index is 0.0594. The normalized spacial score (nSPS) is 9.31. The first kappa shape index (κ1) is 9.87. The van der Waals surface area contributed by atoms with Gasteiger partial charge in [-0.3, -0.25) is 0 Å². The van der Waals surface area contributed by atoms with Crippen LogP contribution in [0.5, 0.6) is 11.5 Å². The highest BCUT2D eigenvalue weighted by molar-refractivity contribution is 9.10. The predicted octanol–water partition coefficient (Wildman–Crippen LogP) is 2.23. The summed E-state index contributed by atoms with van der Waals surface area (Å²) in [5.74, 6) is 0.434. The molecule has 13 heavy (non-hydrogen) atoms. The highest BCUT2D eigenvalue weighted by atomic mass is 79.9. The fourth-order valence-electron chi connectivity index (χ4n) is 0.976. The number of aromatic hydroxyl groups is 1. The van der Waals surface area contributed by atoms with Crippen LogP contribution >= 0.6 is 15.9 Å². The monoisotopic (exact) mass is 241 g/mol. The lowest BCUT2D eigenvalue weighted by Gasteiger charge is -2.06. The molecule has 0 saturated carbocycles. The van der Waals surface area contributed by atoms with Crippen LogP contribution in [0.15, 0.2) is 16.6 Å². The average molecular weight is 242 g/mol. The van der Waals surface area contributed by atoms with E-state index in [-0.39, 0.29) is 5.75 Å². The molecule has 1 aromatic carbocycles. The molecule has 1 aromatic rings. The Bertz CT molecular complexity index is 357. The number of benzene rings is 1. The number of halogens is 1. The van der Waals surface area contributed by atoms with Crippen molar-refractivity contribution in [1.29, 1.82) is 5.26 Å². The van der Waals surface area contributed by atoms with Crippen LogP contribution in [0, 0.1) is 11.3 Å². The molecule has 0 aliphatic carbocycles. The molecule has 0 atom stereocenters. The quantitative estimate of drug-likeness (QED) is 0.865. The number of nitrogens with zero attached hydrogens (tertiary/aromatic N) is 1. The van der Waals surface area contributed by atoms with E-state index in [1.165, 1.54) is 7.11 Å². The molecular weight excluding hydrogens is 234 g/mol. The van der Waals surface area contributed by atoms with Crippen LogP contribution in [-0.4, -0.2) is 12.2 Å². The maximum atomic E-state index is 9.44. The second-order valence-electron chi connectivity index (χ2n) is 2.46. The first-order valence-corrected chi connectivity index (χ1v) is 4.40. The van der Waals surface area contributed by atoms with Crippen molar-refractivity contribution in [3.63, 3.8) is 0 Å². The Balaban J connectivity index is 3.16. The summed E-state index contributed by atoms with van der Waals surface area (Å²) >= 11 is 3.17. The third-order valence-corrected chi connectivity index (χ3v) is 2.20. The SMILES string of the molecule is COc1cc(CC#N)cc(Br)c1O. The number of methoxy groups -OCH3 is 1. The second kappa shape index (κ2) is 4.15.